The standard InChI is InChI=1S/C17H29BrN2/c1-5-7-12-20(13(3)6-2)17(14(4)19)15-8-10-16(18)11-9-15/h8-11,13-14,17H,5-7,12,19H2,1-4H3. The molecule has 1 aromatic carbocycles. The van der Waals surface area contributed by atoms with Crippen molar-refractivity contribution in [2.45, 2.75) is 65.1 Å². The predicted molar refractivity (Wildman–Crippen MR) is 91.9 cm³/mol. The second kappa shape index (κ2) is 8.81. The van der Waals surface area contributed by atoms with E-state index in [2.05, 4.69) is 72.8 Å². The van der Waals surface area contributed by atoms with Gasteiger partial charge in [0, 0.05) is 22.6 Å². The quantitative estimate of drug-likeness (QED) is 0.740. The van der Waals surface area contributed by atoms with E-state index in [0.29, 0.717) is 12.1 Å². The molecule has 0 radical (unpaired) electrons. The molecule has 0 aliphatic heterocycles. The first-order valence-electron chi connectivity index (χ1n) is 7.78. The van der Waals surface area contributed by atoms with Crippen molar-refractivity contribution in [1.29, 1.82) is 0 Å². The van der Waals surface area contributed by atoms with Gasteiger partial charge >= 0.3 is 0 Å². The van der Waals surface area contributed by atoms with Crippen LogP contribution in [0.3, 0.4) is 0 Å². The van der Waals surface area contributed by atoms with Crippen LogP contribution >= 0.6 is 15.9 Å². The van der Waals surface area contributed by atoms with E-state index in [9.17, 15) is 0 Å². The molecule has 0 saturated carbocycles. The summed E-state index contributed by atoms with van der Waals surface area (Å²) in [6.07, 6.45) is 3.60. The first kappa shape index (κ1) is 17.7. The lowest BCUT2D eigenvalue weighted by molar-refractivity contribution is 0.121. The zero-order valence-corrected chi connectivity index (χ0v) is 14.9. The minimum Gasteiger partial charge on any atom is -0.326 e. The number of hydrogen-bond donors (Lipinski definition) is 1. The van der Waals surface area contributed by atoms with Crippen LogP contribution in [0.2, 0.25) is 0 Å². The van der Waals surface area contributed by atoms with Crippen molar-refractivity contribution < 1.29 is 0 Å². The zero-order chi connectivity index (χ0) is 15.1. The highest BCUT2D eigenvalue weighted by Crippen LogP contribution is 2.28. The van der Waals surface area contributed by atoms with E-state index in [1.165, 1.54) is 18.4 Å². The maximum Gasteiger partial charge on any atom is 0.0499 e. The number of halogens is 1. The van der Waals surface area contributed by atoms with Crippen LogP contribution in [-0.2, 0) is 0 Å². The molecule has 0 saturated heterocycles. The Balaban J connectivity index is 3.03. The van der Waals surface area contributed by atoms with Gasteiger partial charge in [-0.3, -0.25) is 4.90 Å². The van der Waals surface area contributed by atoms with Gasteiger partial charge in [0.25, 0.3) is 0 Å². The first-order chi connectivity index (χ1) is 9.51. The highest BCUT2D eigenvalue weighted by Gasteiger charge is 2.26. The van der Waals surface area contributed by atoms with Gasteiger partial charge in [0.05, 0.1) is 0 Å². The van der Waals surface area contributed by atoms with E-state index >= 15 is 0 Å². The van der Waals surface area contributed by atoms with Gasteiger partial charge in [-0.2, -0.15) is 0 Å². The summed E-state index contributed by atoms with van der Waals surface area (Å²) in [5, 5.41) is 0. The van der Waals surface area contributed by atoms with Crippen molar-refractivity contribution in [1.82, 2.24) is 4.90 Å². The Hall–Kier alpha value is -0.380. The third-order valence-corrected chi connectivity index (χ3v) is 4.52. The topological polar surface area (TPSA) is 29.3 Å². The van der Waals surface area contributed by atoms with Crippen LogP contribution < -0.4 is 5.73 Å². The molecule has 0 amide bonds. The second-order valence-electron chi connectivity index (χ2n) is 5.70. The third-order valence-electron chi connectivity index (χ3n) is 3.99. The van der Waals surface area contributed by atoms with E-state index in [4.69, 9.17) is 5.73 Å². The number of nitrogens with zero attached hydrogens (tertiary/aromatic N) is 1. The summed E-state index contributed by atoms with van der Waals surface area (Å²) in [6, 6.07) is 9.59. The molecule has 1 aromatic rings. The molecule has 3 atom stereocenters. The van der Waals surface area contributed by atoms with E-state index in [1.807, 2.05) is 0 Å². The first-order valence-corrected chi connectivity index (χ1v) is 8.57. The Bertz CT molecular complexity index is 375. The van der Waals surface area contributed by atoms with E-state index in [-0.39, 0.29) is 6.04 Å². The monoisotopic (exact) mass is 340 g/mol. The maximum absolute atomic E-state index is 6.32. The van der Waals surface area contributed by atoms with Gasteiger partial charge in [-0.25, -0.2) is 0 Å². The van der Waals surface area contributed by atoms with E-state index < -0.39 is 0 Å². The van der Waals surface area contributed by atoms with E-state index in [1.54, 1.807) is 0 Å². The molecule has 2 nitrogen and oxygen atoms in total. The van der Waals surface area contributed by atoms with Crippen LogP contribution in [0.5, 0.6) is 0 Å². The molecule has 0 aliphatic carbocycles. The summed E-state index contributed by atoms with van der Waals surface area (Å²) < 4.78 is 1.12. The molecule has 20 heavy (non-hydrogen) atoms. The van der Waals surface area contributed by atoms with Crippen molar-refractivity contribution in [3.05, 3.63) is 34.3 Å². The van der Waals surface area contributed by atoms with Crippen LogP contribution in [0.1, 0.15) is 58.6 Å². The molecular weight excluding hydrogens is 312 g/mol. The minimum absolute atomic E-state index is 0.127. The largest absolute Gasteiger partial charge is 0.326 e. The Morgan fingerprint density at radius 2 is 1.75 bits per heavy atom. The van der Waals surface area contributed by atoms with Crippen molar-refractivity contribution in [3.63, 3.8) is 0 Å². The van der Waals surface area contributed by atoms with E-state index in [0.717, 1.165) is 17.4 Å². The highest BCUT2D eigenvalue weighted by atomic mass is 79.9. The van der Waals surface area contributed by atoms with Crippen LogP contribution in [0, 0.1) is 0 Å². The average molecular weight is 341 g/mol. The summed E-state index contributed by atoms with van der Waals surface area (Å²) in [7, 11) is 0. The van der Waals surface area contributed by atoms with Crippen molar-refractivity contribution in [2.24, 2.45) is 5.73 Å². The normalized spacial score (nSPS) is 16.1. The second-order valence-corrected chi connectivity index (χ2v) is 6.62. The lowest BCUT2D eigenvalue weighted by atomic mass is 9.96. The highest BCUT2D eigenvalue weighted by molar-refractivity contribution is 9.10. The van der Waals surface area contributed by atoms with Gasteiger partial charge in [0.15, 0.2) is 0 Å². The molecule has 1 rings (SSSR count). The SMILES string of the molecule is CCCCN(C(C)CC)C(c1ccc(Br)cc1)C(C)N. The molecule has 3 unspecified atom stereocenters. The maximum atomic E-state index is 6.32. The number of hydrogen-bond acceptors (Lipinski definition) is 2. The summed E-state index contributed by atoms with van der Waals surface area (Å²) in [4.78, 5) is 2.58. The number of benzene rings is 1. The molecule has 2 N–H and O–H groups in total. The van der Waals surface area contributed by atoms with Crippen molar-refractivity contribution in [3.8, 4) is 0 Å². The fourth-order valence-electron chi connectivity index (χ4n) is 2.67. The van der Waals surface area contributed by atoms with Crippen molar-refractivity contribution in [2.75, 3.05) is 6.54 Å². The Labute approximate surface area is 132 Å². The van der Waals surface area contributed by atoms with Gasteiger partial charge in [0.1, 0.15) is 0 Å². The molecule has 0 aromatic heterocycles. The van der Waals surface area contributed by atoms with Crippen LogP contribution in [0.4, 0.5) is 0 Å². The van der Waals surface area contributed by atoms with Crippen LogP contribution in [0.15, 0.2) is 28.7 Å². The third kappa shape index (κ3) is 4.87. The summed E-state index contributed by atoms with van der Waals surface area (Å²) in [5.74, 6) is 0. The molecule has 0 bridgehead atoms. The van der Waals surface area contributed by atoms with Gasteiger partial charge < -0.3 is 5.73 Å². The summed E-state index contributed by atoms with van der Waals surface area (Å²) in [6.45, 7) is 10.0. The molecule has 0 fully saturated rings. The Morgan fingerprint density at radius 1 is 1.15 bits per heavy atom. The number of unbranched alkanes of at least 4 members (excludes halogenated alkanes) is 1. The molecule has 114 valence electrons. The Kier molecular flexibility index (Phi) is 7.78. The molecule has 0 spiro atoms. The predicted octanol–water partition coefficient (Wildman–Crippen LogP) is 4.74. The molecule has 0 aliphatic rings. The summed E-state index contributed by atoms with van der Waals surface area (Å²) >= 11 is 3.51. The molecular formula is C17H29BrN2. The fourth-order valence-corrected chi connectivity index (χ4v) is 2.93. The lowest BCUT2D eigenvalue weighted by Crippen LogP contribution is -2.44. The van der Waals surface area contributed by atoms with Gasteiger partial charge in [-0.1, -0.05) is 48.3 Å². The molecule has 3 heteroatoms. The van der Waals surface area contributed by atoms with Crippen LogP contribution in [0.25, 0.3) is 0 Å². The van der Waals surface area contributed by atoms with Gasteiger partial charge in [-0.15, -0.1) is 0 Å². The number of nitrogens with two attached hydrogens (primary N) is 1. The smallest absolute Gasteiger partial charge is 0.0499 e. The average Bonchev–Trinajstić information content (AvgIpc) is 2.43. The number of rotatable bonds is 8. The summed E-state index contributed by atoms with van der Waals surface area (Å²) in [5.41, 5.74) is 7.64. The van der Waals surface area contributed by atoms with Gasteiger partial charge in [-0.05, 0) is 50.9 Å². The van der Waals surface area contributed by atoms with Crippen molar-refractivity contribution >= 4 is 15.9 Å². The zero-order valence-electron chi connectivity index (χ0n) is 13.3. The Morgan fingerprint density at radius 3 is 2.20 bits per heavy atom. The van der Waals surface area contributed by atoms with Gasteiger partial charge in [0.2, 0.25) is 0 Å². The van der Waals surface area contributed by atoms with Crippen LogP contribution in [-0.4, -0.2) is 23.5 Å². The molecule has 0 heterocycles. The fraction of sp³-hybridized carbons (Fsp3) is 0.647. The minimum atomic E-state index is 0.127. The lowest BCUT2D eigenvalue weighted by Gasteiger charge is -2.39.